The van der Waals surface area contributed by atoms with Crippen molar-refractivity contribution in [3.63, 3.8) is 0 Å². The summed E-state index contributed by atoms with van der Waals surface area (Å²) in [4.78, 5) is 0. The molecule has 12 heavy (non-hydrogen) atoms. The van der Waals surface area contributed by atoms with Crippen LogP contribution in [-0.2, 0) is 7.05 Å². The quantitative estimate of drug-likeness (QED) is 0.511. The molecule has 0 aliphatic carbocycles. The Morgan fingerprint density at radius 1 is 1.00 bits per heavy atom. The van der Waals surface area contributed by atoms with Gasteiger partial charge in [0.05, 0.1) is 0 Å². The number of nitrogens with zero attached hydrogens (tertiary/aromatic N) is 1. The molecule has 0 bridgehead atoms. The van der Waals surface area contributed by atoms with Gasteiger partial charge in [0, 0.05) is 11.5 Å². The second-order valence-corrected chi connectivity index (χ2v) is 2.74. The van der Waals surface area contributed by atoms with E-state index in [-0.39, 0.29) is 24.0 Å². The van der Waals surface area contributed by atoms with Crippen LogP contribution in [0.5, 0.6) is 0 Å². The van der Waals surface area contributed by atoms with E-state index in [0.717, 1.165) is 0 Å². The topological polar surface area (TPSA) is 3.88 Å². The number of aromatic nitrogens is 1. The van der Waals surface area contributed by atoms with E-state index in [2.05, 4.69) is 47.3 Å². The lowest BCUT2D eigenvalue weighted by molar-refractivity contribution is -0.670. The van der Waals surface area contributed by atoms with E-state index in [1.165, 1.54) is 10.8 Å². The molecule has 0 atom stereocenters. The highest BCUT2D eigenvalue weighted by Crippen LogP contribution is 2.08. The Bertz CT molecular complexity index is 384. The van der Waals surface area contributed by atoms with Gasteiger partial charge in [0.25, 0.3) is 0 Å². The second kappa shape index (κ2) is 3.85. The SMILES string of the molecule is C[n+]1ccc2ccccc2c1.I. The maximum absolute atomic E-state index is 2.12. The first-order valence-corrected chi connectivity index (χ1v) is 3.70. The van der Waals surface area contributed by atoms with Crippen LogP contribution in [0.4, 0.5) is 0 Å². The van der Waals surface area contributed by atoms with Crippen LogP contribution in [0.25, 0.3) is 10.8 Å². The summed E-state index contributed by atoms with van der Waals surface area (Å²) in [6.07, 6.45) is 4.18. The number of aryl methyl sites for hydroxylation is 1. The molecule has 0 saturated heterocycles. The number of hydrogen-bond donors (Lipinski definition) is 0. The minimum absolute atomic E-state index is 0. The molecule has 1 aromatic heterocycles. The van der Waals surface area contributed by atoms with Crippen LogP contribution in [0.15, 0.2) is 42.7 Å². The number of rotatable bonds is 0. The minimum atomic E-state index is 0. The van der Waals surface area contributed by atoms with Crippen molar-refractivity contribution in [3.8, 4) is 0 Å². The third kappa shape index (κ3) is 1.75. The molecule has 0 unspecified atom stereocenters. The first-order valence-electron chi connectivity index (χ1n) is 3.70. The summed E-state index contributed by atoms with van der Waals surface area (Å²) in [6.45, 7) is 0. The molecule has 62 valence electrons. The molecule has 1 heterocycles. The van der Waals surface area contributed by atoms with Crippen molar-refractivity contribution in [2.45, 2.75) is 0 Å². The molecule has 2 rings (SSSR count). The zero-order valence-electron chi connectivity index (χ0n) is 6.90. The van der Waals surface area contributed by atoms with Crippen LogP contribution in [0.3, 0.4) is 0 Å². The Balaban J connectivity index is 0.000000720. The second-order valence-electron chi connectivity index (χ2n) is 2.74. The fourth-order valence-electron chi connectivity index (χ4n) is 1.24. The summed E-state index contributed by atoms with van der Waals surface area (Å²) in [5.41, 5.74) is 0. The Kier molecular flexibility index (Phi) is 3.03. The lowest BCUT2D eigenvalue weighted by atomic mass is 10.2. The van der Waals surface area contributed by atoms with Crippen LogP contribution in [0, 0.1) is 0 Å². The molecular formula is C10H11IN+. The van der Waals surface area contributed by atoms with Crippen molar-refractivity contribution in [1.29, 1.82) is 0 Å². The lowest BCUT2D eigenvalue weighted by Crippen LogP contribution is -2.25. The van der Waals surface area contributed by atoms with Gasteiger partial charge in [-0.25, -0.2) is 4.57 Å². The smallest absolute Gasteiger partial charge is 0.176 e. The molecule has 0 saturated carbocycles. The van der Waals surface area contributed by atoms with Gasteiger partial charge in [-0.2, -0.15) is 0 Å². The number of fused-ring (bicyclic) bond motifs is 1. The average molecular weight is 272 g/mol. The molecule has 0 radical (unpaired) electrons. The van der Waals surface area contributed by atoms with Crippen molar-refractivity contribution in [1.82, 2.24) is 0 Å². The first kappa shape index (κ1) is 9.45. The van der Waals surface area contributed by atoms with Gasteiger partial charge in [-0.3, -0.25) is 0 Å². The first-order chi connectivity index (χ1) is 5.36. The van der Waals surface area contributed by atoms with Gasteiger partial charge in [0.2, 0.25) is 0 Å². The van der Waals surface area contributed by atoms with E-state index in [9.17, 15) is 0 Å². The van der Waals surface area contributed by atoms with E-state index in [1.807, 2.05) is 7.05 Å². The normalized spacial score (nSPS) is 9.42. The van der Waals surface area contributed by atoms with Gasteiger partial charge >= 0.3 is 0 Å². The molecule has 2 heteroatoms. The predicted molar refractivity (Wildman–Crippen MR) is 60.5 cm³/mol. The van der Waals surface area contributed by atoms with Gasteiger partial charge in [-0.1, -0.05) is 18.2 Å². The van der Waals surface area contributed by atoms with Gasteiger partial charge in [0.15, 0.2) is 12.4 Å². The van der Waals surface area contributed by atoms with Crippen molar-refractivity contribution in [2.24, 2.45) is 7.05 Å². The Morgan fingerprint density at radius 3 is 2.42 bits per heavy atom. The fourth-order valence-corrected chi connectivity index (χ4v) is 1.24. The zero-order chi connectivity index (χ0) is 7.68. The molecule has 0 amide bonds. The summed E-state index contributed by atoms with van der Waals surface area (Å²) in [6, 6.07) is 10.5. The predicted octanol–water partition coefficient (Wildman–Crippen LogP) is 2.28. The van der Waals surface area contributed by atoms with Crippen LogP contribution in [0.1, 0.15) is 0 Å². The number of pyridine rings is 1. The van der Waals surface area contributed by atoms with Crippen molar-refractivity contribution in [3.05, 3.63) is 42.7 Å². The standard InChI is InChI=1S/C10H10N.HI/c1-11-7-6-9-4-2-3-5-10(9)8-11;/h2-8H,1H3;1H/q+1;. The molecule has 1 nitrogen and oxygen atoms in total. The Morgan fingerprint density at radius 2 is 1.67 bits per heavy atom. The largest absolute Gasteiger partial charge is 0.207 e. The Hall–Kier alpha value is -0.640. The lowest BCUT2D eigenvalue weighted by Gasteiger charge is -1.92. The highest BCUT2D eigenvalue weighted by molar-refractivity contribution is 14.0. The number of halogens is 1. The fraction of sp³-hybridized carbons (Fsp3) is 0.100. The monoisotopic (exact) mass is 272 g/mol. The summed E-state index contributed by atoms with van der Waals surface area (Å²) < 4.78 is 2.06. The van der Waals surface area contributed by atoms with Crippen molar-refractivity contribution >= 4 is 34.7 Å². The third-order valence-electron chi connectivity index (χ3n) is 1.83. The highest BCUT2D eigenvalue weighted by Gasteiger charge is 1.94. The van der Waals surface area contributed by atoms with Gasteiger partial charge in [-0.05, 0) is 11.5 Å². The molecule has 2 aromatic rings. The van der Waals surface area contributed by atoms with Crippen molar-refractivity contribution < 1.29 is 4.57 Å². The van der Waals surface area contributed by atoms with E-state index in [1.54, 1.807) is 0 Å². The number of hydrogen-bond acceptors (Lipinski definition) is 0. The summed E-state index contributed by atoms with van der Waals surface area (Å²) in [5, 5.41) is 2.59. The van der Waals surface area contributed by atoms with Gasteiger partial charge in [-0.15, -0.1) is 24.0 Å². The van der Waals surface area contributed by atoms with E-state index >= 15 is 0 Å². The minimum Gasteiger partial charge on any atom is -0.207 e. The molecule has 0 N–H and O–H groups in total. The Labute approximate surface area is 89.1 Å². The maximum Gasteiger partial charge on any atom is 0.176 e. The molecule has 0 aliphatic heterocycles. The van der Waals surface area contributed by atoms with Crippen LogP contribution >= 0.6 is 24.0 Å². The van der Waals surface area contributed by atoms with Crippen molar-refractivity contribution in [2.75, 3.05) is 0 Å². The van der Waals surface area contributed by atoms with Gasteiger partial charge < -0.3 is 0 Å². The highest BCUT2D eigenvalue weighted by atomic mass is 127. The van der Waals surface area contributed by atoms with E-state index in [4.69, 9.17) is 0 Å². The van der Waals surface area contributed by atoms with Crippen LogP contribution < -0.4 is 4.57 Å². The molecule has 0 aliphatic rings. The molecule has 0 fully saturated rings. The average Bonchev–Trinajstić information content (AvgIpc) is 2.04. The van der Waals surface area contributed by atoms with E-state index in [0.29, 0.717) is 0 Å². The molecular weight excluding hydrogens is 261 g/mol. The summed E-state index contributed by atoms with van der Waals surface area (Å²) >= 11 is 0. The summed E-state index contributed by atoms with van der Waals surface area (Å²) in [5.74, 6) is 0. The molecule has 0 spiro atoms. The van der Waals surface area contributed by atoms with E-state index < -0.39 is 0 Å². The van der Waals surface area contributed by atoms with Crippen LogP contribution in [-0.4, -0.2) is 0 Å². The van der Waals surface area contributed by atoms with Gasteiger partial charge in [0.1, 0.15) is 7.05 Å². The molecule has 1 aromatic carbocycles. The zero-order valence-corrected chi connectivity index (χ0v) is 9.23. The van der Waals surface area contributed by atoms with Crippen LogP contribution in [0.2, 0.25) is 0 Å². The third-order valence-corrected chi connectivity index (χ3v) is 1.83. The number of benzene rings is 1. The maximum atomic E-state index is 2.12. The summed E-state index contributed by atoms with van der Waals surface area (Å²) in [7, 11) is 2.03.